The highest BCUT2D eigenvalue weighted by Gasteiger charge is 2.14. The Bertz CT molecular complexity index is 635. The lowest BCUT2D eigenvalue weighted by Gasteiger charge is -2.12. The maximum atomic E-state index is 13.4. The van der Waals surface area contributed by atoms with Gasteiger partial charge in [0.2, 0.25) is 0 Å². The predicted octanol–water partition coefficient (Wildman–Crippen LogP) is 3.93. The molecule has 0 aromatic heterocycles. The van der Waals surface area contributed by atoms with Crippen LogP contribution in [0.4, 0.5) is 4.39 Å². The Kier molecular flexibility index (Phi) is 3.51. The van der Waals surface area contributed by atoms with Gasteiger partial charge in [-0.25, -0.2) is 9.18 Å². The van der Waals surface area contributed by atoms with E-state index in [4.69, 9.17) is 9.84 Å². The minimum atomic E-state index is -1.08. The molecule has 1 N–H and O–H groups in total. The largest absolute Gasteiger partial charge is 0.478 e. The fraction of sp³-hybridized carbons (Fsp3) is 0.133. The number of para-hydroxylation sites is 1. The Morgan fingerprint density at radius 1 is 1.16 bits per heavy atom. The molecule has 0 aliphatic carbocycles. The summed E-state index contributed by atoms with van der Waals surface area (Å²) in [7, 11) is 0. The molecule has 4 heteroatoms. The van der Waals surface area contributed by atoms with Gasteiger partial charge in [0.1, 0.15) is 22.9 Å². The maximum Gasteiger partial charge on any atom is 0.339 e. The Labute approximate surface area is 110 Å². The molecule has 0 fully saturated rings. The number of rotatable bonds is 3. The second-order valence-electron chi connectivity index (χ2n) is 4.27. The molecule has 0 aliphatic heterocycles. The number of halogens is 1. The van der Waals surface area contributed by atoms with E-state index in [0.717, 1.165) is 0 Å². The second kappa shape index (κ2) is 5.10. The Balaban J connectivity index is 2.42. The summed E-state index contributed by atoms with van der Waals surface area (Å²) < 4.78 is 19.0. The molecule has 0 saturated carbocycles. The van der Waals surface area contributed by atoms with Gasteiger partial charge in [0.25, 0.3) is 0 Å². The van der Waals surface area contributed by atoms with Crippen LogP contribution in [0, 0.1) is 19.7 Å². The average molecular weight is 260 g/mol. The summed E-state index contributed by atoms with van der Waals surface area (Å²) in [6, 6.07) is 9.27. The standard InChI is InChI=1S/C15H13FO3/c1-9-6-7-11(8-13(9)16)19-14-10(2)4-3-5-12(14)15(17)18/h3-8H,1-2H3,(H,17,18). The van der Waals surface area contributed by atoms with Gasteiger partial charge in [0.05, 0.1) is 0 Å². The molecular formula is C15H13FO3. The molecule has 2 rings (SSSR count). The van der Waals surface area contributed by atoms with Crippen LogP contribution in [-0.4, -0.2) is 11.1 Å². The van der Waals surface area contributed by atoms with E-state index in [9.17, 15) is 9.18 Å². The normalized spacial score (nSPS) is 10.3. The summed E-state index contributed by atoms with van der Waals surface area (Å²) in [4.78, 5) is 11.1. The molecule has 0 spiro atoms. The Morgan fingerprint density at radius 2 is 1.89 bits per heavy atom. The van der Waals surface area contributed by atoms with E-state index in [1.165, 1.54) is 12.1 Å². The van der Waals surface area contributed by atoms with Gasteiger partial charge in [-0.1, -0.05) is 18.2 Å². The van der Waals surface area contributed by atoms with Crippen molar-refractivity contribution in [1.82, 2.24) is 0 Å². The smallest absolute Gasteiger partial charge is 0.339 e. The first kappa shape index (κ1) is 13.1. The molecule has 2 aromatic rings. The van der Waals surface area contributed by atoms with Gasteiger partial charge in [-0.15, -0.1) is 0 Å². The molecule has 0 atom stereocenters. The summed E-state index contributed by atoms with van der Waals surface area (Å²) in [5.41, 5.74) is 1.25. The van der Waals surface area contributed by atoms with Crippen LogP contribution in [0.15, 0.2) is 36.4 Å². The Hall–Kier alpha value is -2.36. The first-order valence-corrected chi connectivity index (χ1v) is 5.76. The van der Waals surface area contributed by atoms with Crippen LogP contribution in [0.2, 0.25) is 0 Å². The third-order valence-corrected chi connectivity index (χ3v) is 2.81. The molecule has 2 aromatic carbocycles. The molecule has 3 nitrogen and oxygen atoms in total. The molecule has 0 saturated heterocycles. The number of aromatic carboxylic acids is 1. The number of hydrogen-bond donors (Lipinski definition) is 1. The number of carbonyl (C=O) groups is 1. The topological polar surface area (TPSA) is 46.5 Å². The number of aryl methyl sites for hydroxylation is 2. The van der Waals surface area contributed by atoms with Crippen molar-refractivity contribution in [1.29, 1.82) is 0 Å². The molecule has 19 heavy (non-hydrogen) atoms. The van der Waals surface area contributed by atoms with Gasteiger partial charge in [0.15, 0.2) is 0 Å². The first-order chi connectivity index (χ1) is 8.99. The molecule has 0 radical (unpaired) electrons. The lowest BCUT2D eigenvalue weighted by molar-refractivity contribution is 0.0694. The SMILES string of the molecule is Cc1ccc(Oc2c(C)cccc2C(=O)O)cc1F. The lowest BCUT2D eigenvalue weighted by Crippen LogP contribution is -2.01. The van der Waals surface area contributed by atoms with Crippen molar-refractivity contribution in [3.8, 4) is 11.5 Å². The summed E-state index contributed by atoms with van der Waals surface area (Å²) in [5, 5.41) is 9.11. The van der Waals surface area contributed by atoms with Gasteiger partial charge in [-0.3, -0.25) is 0 Å². The monoisotopic (exact) mass is 260 g/mol. The summed E-state index contributed by atoms with van der Waals surface area (Å²) in [5.74, 6) is -0.951. The quantitative estimate of drug-likeness (QED) is 0.909. The number of benzene rings is 2. The highest BCUT2D eigenvalue weighted by Crippen LogP contribution is 2.29. The van der Waals surface area contributed by atoms with Crippen LogP contribution in [0.25, 0.3) is 0 Å². The maximum absolute atomic E-state index is 13.4. The van der Waals surface area contributed by atoms with Crippen LogP contribution in [0.5, 0.6) is 11.5 Å². The zero-order valence-electron chi connectivity index (χ0n) is 10.6. The van der Waals surface area contributed by atoms with Crippen molar-refractivity contribution in [3.05, 3.63) is 58.9 Å². The number of carboxylic acids is 1. The van der Waals surface area contributed by atoms with Crippen molar-refractivity contribution >= 4 is 5.97 Å². The minimum absolute atomic E-state index is 0.0565. The molecule has 0 unspecified atom stereocenters. The average Bonchev–Trinajstić information content (AvgIpc) is 2.36. The third-order valence-electron chi connectivity index (χ3n) is 2.81. The zero-order valence-corrected chi connectivity index (χ0v) is 10.6. The lowest BCUT2D eigenvalue weighted by atomic mass is 10.1. The third kappa shape index (κ3) is 2.73. The first-order valence-electron chi connectivity index (χ1n) is 5.76. The van der Waals surface area contributed by atoms with Gasteiger partial charge in [-0.05, 0) is 37.1 Å². The predicted molar refractivity (Wildman–Crippen MR) is 69.3 cm³/mol. The van der Waals surface area contributed by atoms with Crippen molar-refractivity contribution in [2.75, 3.05) is 0 Å². The van der Waals surface area contributed by atoms with Crippen LogP contribution >= 0.6 is 0 Å². The highest BCUT2D eigenvalue weighted by atomic mass is 19.1. The van der Waals surface area contributed by atoms with Gasteiger partial charge in [0, 0.05) is 6.07 Å². The Morgan fingerprint density at radius 3 is 2.53 bits per heavy atom. The molecular weight excluding hydrogens is 247 g/mol. The minimum Gasteiger partial charge on any atom is -0.478 e. The van der Waals surface area contributed by atoms with E-state index in [-0.39, 0.29) is 22.9 Å². The number of hydrogen-bond acceptors (Lipinski definition) is 2. The van der Waals surface area contributed by atoms with Crippen molar-refractivity contribution in [2.45, 2.75) is 13.8 Å². The summed E-state index contributed by atoms with van der Waals surface area (Å²) in [6.45, 7) is 3.39. The van der Waals surface area contributed by atoms with E-state index < -0.39 is 5.97 Å². The molecule has 0 amide bonds. The number of ether oxygens (including phenoxy) is 1. The van der Waals surface area contributed by atoms with E-state index in [1.807, 2.05) is 0 Å². The van der Waals surface area contributed by atoms with Crippen molar-refractivity contribution < 1.29 is 19.0 Å². The molecule has 98 valence electrons. The van der Waals surface area contributed by atoms with E-state index >= 15 is 0 Å². The van der Waals surface area contributed by atoms with Crippen LogP contribution in [-0.2, 0) is 0 Å². The van der Waals surface area contributed by atoms with Crippen molar-refractivity contribution in [2.24, 2.45) is 0 Å². The van der Waals surface area contributed by atoms with Crippen LogP contribution < -0.4 is 4.74 Å². The molecule has 0 heterocycles. The van der Waals surface area contributed by atoms with E-state index in [1.54, 1.807) is 38.1 Å². The van der Waals surface area contributed by atoms with Gasteiger partial charge < -0.3 is 9.84 Å². The number of carboxylic acid groups (broad SMARTS) is 1. The highest BCUT2D eigenvalue weighted by molar-refractivity contribution is 5.91. The fourth-order valence-electron chi connectivity index (χ4n) is 1.71. The van der Waals surface area contributed by atoms with E-state index in [0.29, 0.717) is 11.1 Å². The van der Waals surface area contributed by atoms with Crippen LogP contribution in [0.1, 0.15) is 21.5 Å². The molecule has 0 bridgehead atoms. The second-order valence-corrected chi connectivity index (χ2v) is 4.27. The zero-order chi connectivity index (χ0) is 14.0. The van der Waals surface area contributed by atoms with E-state index in [2.05, 4.69) is 0 Å². The summed E-state index contributed by atoms with van der Waals surface area (Å²) >= 11 is 0. The summed E-state index contributed by atoms with van der Waals surface area (Å²) in [6.07, 6.45) is 0. The van der Waals surface area contributed by atoms with Crippen LogP contribution in [0.3, 0.4) is 0 Å². The molecule has 0 aliphatic rings. The fourth-order valence-corrected chi connectivity index (χ4v) is 1.71. The van der Waals surface area contributed by atoms with Gasteiger partial charge >= 0.3 is 5.97 Å². The van der Waals surface area contributed by atoms with Gasteiger partial charge in [-0.2, -0.15) is 0 Å². The van der Waals surface area contributed by atoms with Crippen molar-refractivity contribution in [3.63, 3.8) is 0 Å².